The van der Waals surface area contributed by atoms with Gasteiger partial charge in [0.2, 0.25) is 0 Å². The van der Waals surface area contributed by atoms with Crippen LogP contribution in [0.3, 0.4) is 0 Å². The maximum atomic E-state index is 13.6. The van der Waals surface area contributed by atoms with Gasteiger partial charge in [-0.05, 0) is 41.5 Å². The van der Waals surface area contributed by atoms with Gasteiger partial charge in [0, 0.05) is 33.4 Å². The van der Waals surface area contributed by atoms with Gasteiger partial charge < -0.3 is 18.9 Å². The predicted molar refractivity (Wildman–Crippen MR) is 153 cm³/mol. The fraction of sp³-hybridized carbons (Fsp3) is 0.206. The molecule has 4 aliphatic heterocycles. The highest BCUT2D eigenvalue weighted by Gasteiger charge is 2.20. The summed E-state index contributed by atoms with van der Waals surface area (Å²) in [7, 11) is 1.53. The third-order valence-electron chi connectivity index (χ3n) is 6.77. The van der Waals surface area contributed by atoms with E-state index in [4.69, 9.17) is 18.9 Å². The van der Waals surface area contributed by atoms with Gasteiger partial charge in [0.05, 0.1) is 46.8 Å². The number of methoxy groups -OCH3 is 1. The second-order valence-electron chi connectivity index (χ2n) is 9.63. The number of benzene rings is 4. The van der Waals surface area contributed by atoms with Crippen LogP contribution in [0, 0.1) is 0 Å². The van der Waals surface area contributed by atoms with Crippen molar-refractivity contribution in [2.45, 2.75) is 13.2 Å². The van der Waals surface area contributed by atoms with E-state index in [-0.39, 0.29) is 34.0 Å². The Bertz CT molecular complexity index is 1450. The smallest absolute Gasteiger partial charge is 0.193 e. The minimum Gasteiger partial charge on any atom is -0.497 e. The van der Waals surface area contributed by atoms with Crippen LogP contribution in [0.4, 0.5) is 0 Å². The Morgan fingerprint density at radius 1 is 0.585 bits per heavy atom. The molecule has 0 aromatic heterocycles. The summed E-state index contributed by atoms with van der Waals surface area (Å²) in [4.78, 5) is 40.7. The Kier molecular flexibility index (Phi) is 9.11. The van der Waals surface area contributed by atoms with Gasteiger partial charge in [-0.2, -0.15) is 0 Å². The first-order valence-corrected chi connectivity index (χ1v) is 13.4. The lowest BCUT2D eigenvalue weighted by Crippen LogP contribution is -2.11. The molecule has 0 N–H and O–H groups in total. The Hall–Kier alpha value is -4.43. The fourth-order valence-electron chi connectivity index (χ4n) is 4.51. The average Bonchev–Trinajstić information content (AvgIpc) is 3.03. The first kappa shape index (κ1) is 28.1. The molecule has 4 aromatic carbocycles. The molecule has 4 aromatic rings. The monoisotopic (exact) mass is 550 g/mol. The molecule has 4 heterocycles. The summed E-state index contributed by atoms with van der Waals surface area (Å²) in [5.41, 5.74) is 3.81. The third kappa shape index (κ3) is 7.02. The highest BCUT2D eigenvalue weighted by molar-refractivity contribution is 6.17. The Morgan fingerprint density at radius 2 is 1.10 bits per heavy atom. The largest absolute Gasteiger partial charge is 0.497 e. The zero-order valence-corrected chi connectivity index (χ0v) is 22.8. The minimum atomic E-state index is -0.321. The van der Waals surface area contributed by atoms with Gasteiger partial charge >= 0.3 is 0 Å². The summed E-state index contributed by atoms with van der Waals surface area (Å²) >= 11 is 0. The average molecular weight is 551 g/mol. The maximum absolute atomic E-state index is 13.6. The molecule has 208 valence electrons. The summed E-state index contributed by atoms with van der Waals surface area (Å²) in [6.45, 7) is 2.54. The van der Waals surface area contributed by atoms with Gasteiger partial charge in [0.15, 0.2) is 17.3 Å². The number of ether oxygens (including phenoxy) is 4. The maximum Gasteiger partial charge on any atom is 0.193 e. The van der Waals surface area contributed by atoms with Crippen molar-refractivity contribution in [3.8, 4) is 5.75 Å². The van der Waals surface area contributed by atoms with E-state index in [2.05, 4.69) is 0 Å². The molecule has 0 saturated heterocycles. The Balaban J connectivity index is 1.54. The molecule has 0 fully saturated rings. The van der Waals surface area contributed by atoms with Crippen molar-refractivity contribution in [1.29, 1.82) is 0 Å². The first-order chi connectivity index (χ1) is 20.0. The van der Waals surface area contributed by atoms with Crippen molar-refractivity contribution in [2.75, 3.05) is 33.5 Å². The Morgan fingerprint density at radius 3 is 1.61 bits per heavy atom. The number of rotatable bonds is 3. The molecule has 7 heteroatoms. The predicted octanol–water partition coefficient (Wildman–Crippen LogP) is 5.45. The molecule has 0 radical (unpaired) electrons. The molecule has 41 heavy (non-hydrogen) atoms. The lowest BCUT2D eigenvalue weighted by Gasteiger charge is -2.11. The van der Waals surface area contributed by atoms with Gasteiger partial charge in [-0.3, -0.25) is 14.4 Å². The summed E-state index contributed by atoms with van der Waals surface area (Å²) in [6, 6.07) is 25.6. The number of carbonyl (C=O) groups is 3. The normalized spacial score (nSPS) is 14.8. The molecule has 4 aliphatic rings. The summed E-state index contributed by atoms with van der Waals surface area (Å²) in [5.74, 6) is -0.381. The van der Waals surface area contributed by atoms with Crippen molar-refractivity contribution < 1.29 is 33.3 Å². The second kappa shape index (κ2) is 13.3. The number of ketones is 3. The van der Waals surface area contributed by atoms with Crippen LogP contribution in [0.5, 0.6) is 5.75 Å². The molecule has 0 aliphatic carbocycles. The highest BCUT2D eigenvalue weighted by Crippen LogP contribution is 2.23. The van der Waals surface area contributed by atoms with Gasteiger partial charge in [0.1, 0.15) is 5.75 Å². The SMILES string of the molecule is COc1cccc(C(=O)c2cc3cc(c2)C(=O)c2ccc(cc2)COCCOCCOCc2ccc(cc2)C3=O)c1. The van der Waals surface area contributed by atoms with Gasteiger partial charge in [-0.1, -0.05) is 60.7 Å². The van der Waals surface area contributed by atoms with Crippen LogP contribution in [0.25, 0.3) is 0 Å². The van der Waals surface area contributed by atoms with Gasteiger partial charge in [-0.15, -0.1) is 0 Å². The van der Waals surface area contributed by atoms with Crippen LogP contribution in [0.15, 0.2) is 91.0 Å². The van der Waals surface area contributed by atoms with Crippen LogP contribution < -0.4 is 4.74 Å². The number of carbonyl (C=O) groups excluding carboxylic acids is 3. The lowest BCUT2D eigenvalue weighted by atomic mass is 9.92. The second-order valence-corrected chi connectivity index (χ2v) is 9.63. The van der Waals surface area contributed by atoms with E-state index in [9.17, 15) is 14.4 Å². The van der Waals surface area contributed by atoms with Crippen LogP contribution in [0.1, 0.15) is 58.9 Å². The van der Waals surface area contributed by atoms with E-state index >= 15 is 0 Å². The molecular weight excluding hydrogens is 520 g/mol. The summed E-state index contributed by atoms with van der Waals surface area (Å²) in [6.07, 6.45) is 0. The topological polar surface area (TPSA) is 88.1 Å². The molecule has 0 amide bonds. The van der Waals surface area contributed by atoms with E-state index in [0.29, 0.717) is 62.1 Å². The zero-order valence-electron chi connectivity index (χ0n) is 22.8. The first-order valence-electron chi connectivity index (χ1n) is 13.4. The van der Waals surface area contributed by atoms with Crippen LogP contribution >= 0.6 is 0 Å². The minimum absolute atomic E-state index is 0.235. The summed E-state index contributed by atoms with van der Waals surface area (Å²) < 4.78 is 22.2. The zero-order chi connectivity index (χ0) is 28.6. The molecule has 0 unspecified atom stereocenters. The fourth-order valence-corrected chi connectivity index (χ4v) is 4.51. The van der Waals surface area contributed by atoms with Crippen molar-refractivity contribution >= 4 is 17.3 Å². The molecule has 0 saturated carbocycles. The van der Waals surface area contributed by atoms with Crippen LogP contribution in [-0.2, 0) is 27.4 Å². The quantitative estimate of drug-likeness (QED) is 0.314. The lowest BCUT2D eigenvalue weighted by molar-refractivity contribution is 0.00704. The van der Waals surface area contributed by atoms with E-state index in [1.807, 2.05) is 24.3 Å². The Labute approximate surface area is 238 Å². The van der Waals surface area contributed by atoms with Crippen LogP contribution in [0.2, 0.25) is 0 Å². The molecule has 7 nitrogen and oxygen atoms in total. The molecule has 0 spiro atoms. The van der Waals surface area contributed by atoms with Crippen molar-refractivity contribution in [3.63, 3.8) is 0 Å². The molecule has 8 rings (SSSR count). The van der Waals surface area contributed by atoms with Crippen molar-refractivity contribution in [2.24, 2.45) is 0 Å². The summed E-state index contributed by atoms with van der Waals surface area (Å²) in [5, 5.41) is 0. The van der Waals surface area contributed by atoms with E-state index in [0.717, 1.165) is 11.1 Å². The molecule has 0 atom stereocenters. The van der Waals surface area contributed by atoms with E-state index < -0.39 is 0 Å². The standard InChI is InChI=1S/C34H30O7/c1-38-31-4-2-3-27(20-31)34(37)30-18-28-17-29(19-30)33(36)26-11-7-24(8-12-26)22-41-16-14-39-13-15-40-21-23-5-9-25(10-6-23)32(28)35/h2-12,17-20H,13-16,21-22H2,1H3. The van der Waals surface area contributed by atoms with Gasteiger partial charge in [-0.25, -0.2) is 0 Å². The van der Waals surface area contributed by atoms with E-state index in [1.54, 1.807) is 54.6 Å². The third-order valence-corrected chi connectivity index (χ3v) is 6.77. The van der Waals surface area contributed by atoms with Crippen molar-refractivity contribution in [1.82, 2.24) is 0 Å². The number of hydrogen-bond acceptors (Lipinski definition) is 7. The highest BCUT2D eigenvalue weighted by atomic mass is 16.5. The van der Waals surface area contributed by atoms with Gasteiger partial charge in [0.25, 0.3) is 0 Å². The van der Waals surface area contributed by atoms with Crippen molar-refractivity contribution in [3.05, 3.63) is 136 Å². The molecule has 6 bridgehead atoms. The number of hydrogen-bond donors (Lipinski definition) is 0. The van der Waals surface area contributed by atoms with Crippen LogP contribution in [-0.4, -0.2) is 50.9 Å². The van der Waals surface area contributed by atoms with E-state index in [1.165, 1.54) is 19.2 Å². The molecular formula is C34H30O7.